The van der Waals surface area contributed by atoms with Crippen molar-refractivity contribution < 1.29 is 47.9 Å². The third kappa shape index (κ3) is 6.13. The molecule has 236 valence electrons. The first-order valence-electron chi connectivity index (χ1n) is 13.9. The Morgan fingerprint density at radius 2 is 2.05 bits per heavy atom. The van der Waals surface area contributed by atoms with Crippen LogP contribution in [-0.4, -0.2) is 71.3 Å². The van der Waals surface area contributed by atoms with Gasteiger partial charge in [0, 0.05) is 48.5 Å². The van der Waals surface area contributed by atoms with E-state index < -0.39 is 42.7 Å². The van der Waals surface area contributed by atoms with Crippen molar-refractivity contribution in [2.75, 3.05) is 20.2 Å². The summed E-state index contributed by atoms with van der Waals surface area (Å²) in [6.07, 6.45) is 1.35. The molecule has 4 atom stereocenters. The number of carbonyl (C=O) groups is 3. The standard InChI is InChI=1S/C29H34N3O10PS/c1-14(5-7-19-25(34)24-20(13-39-29(24)37)15(2)26(19)38-4)11-31-43(44)41-22-8-6-18(10-23(22)42-43)40-28(36)21-9-17(33)12-32(21)27(35)16(3)30/h5-6,8,10,16-17,21,33-34H,7,9,11-13,30H2,1-4H3,(H,31,44)/b14-5+/t16-,17+,21-,43?/m0/s1. The monoisotopic (exact) mass is 647 g/mol. The van der Waals surface area contributed by atoms with E-state index in [-0.39, 0.29) is 48.8 Å². The number of phenolic OH excluding ortho intramolecular Hbond substituents is 1. The van der Waals surface area contributed by atoms with Crippen molar-refractivity contribution in [3.8, 4) is 28.7 Å². The molecule has 3 heterocycles. The molecule has 2 aromatic rings. The van der Waals surface area contributed by atoms with Gasteiger partial charge in [-0.3, -0.25) is 4.79 Å². The van der Waals surface area contributed by atoms with E-state index in [2.05, 4.69) is 5.09 Å². The number of rotatable bonds is 9. The first kappa shape index (κ1) is 31.7. The van der Waals surface area contributed by atoms with E-state index >= 15 is 0 Å². The van der Waals surface area contributed by atoms with Crippen LogP contribution in [0.2, 0.25) is 0 Å². The second-order valence-electron chi connectivity index (χ2n) is 10.9. The number of β-amino-alcohol motifs (C(OH)–C–C–N with tert-alkyl or cyclic N) is 1. The van der Waals surface area contributed by atoms with Gasteiger partial charge in [0.1, 0.15) is 35.5 Å². The zero-order valence-corrected chi connectivity index (χ0v) is 26.3. The van der Waals surface area contributed by atoms with Crippen LogP contribution < -0.4 is 29.3 Å². The summed E-state index contributed by atoms with van der Waals surface area (Å²) in [7, 11) is 1.51. The molecule has 0 spiro atoms. The molecule has 15 heteroatoms. The molecular formula is C29H34N3O10PS. The molecule has 13 nitrogen and oxygen atoms in total. The predicted octanol–water partition coefficient (Wildman–Crippen LogP) is 2.37. The number of allylic oxidation sites excluding steroid dienone is 1. The molecule has 0 saturated carbocycles. The summed E-state index contributed by atoms with van der Waals surface area (Å²) in [5.41, 5.74) is 8.57. The fraction of sp³-hybridized carbons (Fsp3) is 0.414. The van der Waals surface area contributed by atoms with Gasteiger partial charge in [-0.15, -0.1) is 0 Å². The fourth-order valence-electron chi connectivity index (χ4n) is 5.37. The number of fused-ring (bicyclic) bond motifs is 2. The highest BCUT2D eigenvalue weighted by Gasteiger charge is 2.41. The molecule has 1 unspecified atom stereocenters. The Kier molecular flexibility index (Phi) is 8.92. The molecule has 1 fully saturated rings. The van der Waals surface area contributed by atoms with Gasteiger partial charge in [0.25, 0.3) is 0 Å². The van der Waals surface area contributed by atoms with Crippen LogP contribution in [0, 0.1) is 6.92 Å². The van der Waals surface area contributed by atoms with E-state index in [1.165, 1.54) is 31.1 Å². The van der Waals surface area contributed by atoms with E-state index in [0.29, 0.717) is 29.2 Å². The number of likely N-dealkylation sites (tertiary alicyclic amines) is 1. The Labute approximate surface area is 259 Å². The maximum Gasteiger partial charge on any atom is 0.365 e. The fourth-order valence-corrected chi connectivity index (χ4v) is 7.46. The minimum Gasteiger partial charge on any atom is -0.507 e. The lowest BCUT2D eigenvalue weighted by atomic mass is 9.95. The number of ether oxygens (including phenoxy) is 3. The molecule has 3 aliphatic rings. The highest BCUT2D eigenvalue weighted by molar-refractivity contribution is 8.09. The molecule has 44 heavy (non-hydrogen) atoms. The van der Waals surface area contributed by atoms with Crippen molar-refractivity contribution in [1.82, 2.24) is 9.99 Å². The number of aliphatic hydroxyl groups excluding tert-OH is 1. The molecule has 3 aliphatic heterocycles. The molecule has 5 rings (SSSR count). The van der Waals surface area contributed by atoms with Gasteiger partial charge in [0.05, 0.1) is 19.3 Å². The Balaban J connectivity index is 1.22. The lowest BCUT2D eigenvalue weighted by Gasteiger charge is -2.24. The van der Waals surface area contributed by atoms with E-state index in [9.17, 15) is 24.6 Å². The summed E-state index contributed by atoms with van der Waals surface area (Å²) in [6.45, 7) is 2.60. The summed E-state index contributed by atoms with van der Waals surface area (Å²) in [5.74, 6) is -0.543. The van der Waals surface area contributed by atoms with Crippen molar-refractivity contribution in [1.29, 1.82) is 0 Å². The number of amides is 1. The Morgan fingerprint density at radius 3 is 2.75 bits per heavy atom. The predicted molar refractivity (Wildman–Crippen MR) is 161 cm³/mol. The van der Waals surface area contributed by atoms with Crippen LogP contribution in [0.25, 0.3) is 0 Å². The van der Waals surface area contributed by atoms with Gasteiger partial charge in [-0.25, -0.2) is 14.7 Å². The number of aliphatic hydroxyl groups is 1. The van der Waals surface area contributed by atoms with Gasteiger partial charge in [0.15, 0.2) is 11.5 Å². The number of phenols is 1. The number of cyclic esters (lactones) is 1. The highest BCUT2D eigenvalue weighted by Crippen LogP contribution is 2.56. The Bertz CT molecular complexity index is 1610. The van der Waals surface area contributed by atoms with Crippen molar-refractivity contribution in [2.45, 2.75) is 58.4 Å². The van der Waals surface area contributed by atoms with Gasteiger partial charge >= 0.3 is 18.6 Å². The van der Waals surface area contributed by atoms with Crippen molar-refractivity contribution in [3.63, 3.8) is 0 Å². The quantitative estimate of drug-likeness (QED) is 0.135. The SMILES string of the molecule is COc1c(C)c2c(c(O)c1C/C=C(\C)CNP1(=S)Oc3ccc(OC(=O)[C@@H]4C[C@@H](O)CN4C(=O)[C@H](C)N)cc3O1)C(=O)OC2. The van der Waals surface area contributed by atoms with Crippen molar-refractivity contribution >= 4 is 36.3 Å². The molecule has 1 saturated heterocycles. The minimum atomic E-state index is -3.00. The molecule has 5 N–H and O–H groups in total. The van der Waals surface area contributed by atoms with Gasteiger partial charge < -0.3 is 44.1 Å². The molecule has 0 aliphatic carbocycles. The molecule has 1 amide bonds. The molecule has 0 radical (unpaired) electrons. The smallest absolute Gasteiger partial charge is 0.365 e. The Hall–Kier alpha value is -3.68. The second-order valence-corrected chi connectivity index (χ2v) is 14.0. The number of hydrogen-bond acceptors (Lipinski definition) is 12. The normalized spacial score (nSPS) is 22.9. The Morgan fingerprint density at radius 1 is 1.32 bits per heavy atom. The number of methoxy groups -OCH3 is 1. The van der Waals surface area contributed by atoms with E-state index in [1.54, 1.807) is 6.07 Å². The average Bonchev–Trinajstić information content (AvgIpc) is 3.66. The molecule has 0 bridgehead atoms. The van der Waals surface area contributed by atoms with Crippen molar-refractivity contribution in [2.24, 2.45) is 5.73 Å². The number of nitrogens with two attached hydrogens (primary N) is 1. The van der Waals surface area contributed by atoms with Gasteiger partial charge in [0.2, 0.25) is 5.91 Å². The van der Waals surface area contributed by atoms with E-state index in [0.717, 1.165) is 11.1 Å². The molecule has 2 aromatic carbocycles. The highest BCUT2D eigenvalue weighted by atomic mass is 32.5. The van der Waals surface area contributed by atoms with Gasteiger partial charge in [-0.1, -0.05) is 11.6 Å². The topological polar surface area (TPSA) is 179 Å². The number of nitrogens with zero attached hydrogens (tertiary/aromatic N) is 1. The van der Waals surface area contributed by atoms with E-state index in [1.807, 2.05) is 19.9 Å². The zero-order valence-electron chi connectivity index (χ0n) is 24.6. The minimum absolute atomic E-state index is 0.0000602. The van der Waals surface area contributed by atoms with Crippen LogP contribution in [0.4, 0.5) is 0 Å². The number of carbonyl (C=O) groups excluding carboxylic acids is 3. The number of nitrogens with one attached hydrogen (secondary N) is 1. The summed E-state index contributed by atoms with van der Waals surface area (Å²) in [6, 6.07) is 2.78. The van der Waals surface area contributed by atoms with Gasteiger partial charge in [-0.2, -0.15) is 0 Å². The third-order valence-corrected chi connectivity index (χ3v) is 9.90. The maximum atomic E-state index is 12.9. The summed E-state index contributed by atoms with van der Waals surface area (Å²) in [4.78, 5) is 38.7. The first-order chi connectivity index (χ1) is 20.8. The van der Waals surface area contributed by atoms with Crippen LogP contribution in [0.5, 0.6) is 28.7 Å². The lowest BCUT2D eigenvalue weighted by molar-refractivity contribution is -0.146. The number of hydrogen-bond donors (Lipinski definition) is 4. The zero-order chi connectivity index (χ0) is 31.9. The number of aromatic hydroxyl groups is 1. The van der Waals surface area contributed by atoms with Crippen LogP contribution in [-0.2, 0) is 39.2 Å². The van der Waals surface area contributed by atoms with E-state index in [4.69, 9.17) is 40.8 Å². The van der Waals surface area contributed by atoms with Crippen LogP contribution in [0.1, 0.15) is 47.3 Å². The molecule has 0 aromatic heterocycles. The van der Waals surface area contributed by atoms with Crippen molar-refractivity contribution in [3.05, 3.63) is 52.1 Å². The summed E-state index contributed by atoms with van der Waals surface area (Å²) >= 11 is 5.64. The maximum absolute atomic E-state index is 12.9. The van der Waals surface area contributed by atoms with Crippen LogP contribution in [0.3, 0.4) is 0 Å². The lowest BCUT2D eigenvalue weighted by Crippen LogP contribution is -2.48. The third-order valence-electron chi connectivity index (χ3n) is 7.65. The first-order valence-corrected chi connectivity index (χ1v) is 16.5. The second kappa shape index (κ2) is 12.4. The molecular weight excluding hydrogens is 613 g/mol. The summed E-state index contributed by atoms with van der Waals surface area (Å²) < 4.78 is 28.0. The summed E-state index contributed by atoms with van der Waals surface area (Å²) in [5, 5.41) is 24.0. The van der Waals surface area contributed by atoms with Crippen LogP contribution in [0.15, 0.2) is 29.8 Å². The number of esters is 2. The van der Waals surface area contributed by atoms with Crippen LogP contribution >= 0.6 is 6.64 Å². The van der Waals surface area contributed by atoms with Gasteiger partial charge in [-0.05, 0) is 44.9 Å². The average molecular weight is 648 g/mol. The largest absolute Gasteiger partial charge is 0.507 e. The number of benzene rings is 2.